The van der Waals surface area contributed by atoms with Gasteiger partial charge in [0.15, 0.2) is 11.6 Å². The third kappa shape index (κ3) is 7.67. The van der Waals surface area contributed by atoms with Gasteiger partial charge in [0.05, 0.1) is 13.2 Å². The molecular formula is C24H38N6O2. The fourth-order valence-corrected chi connectivity index (χ4v) is 3.65. The smallest absolute Gasteiger partial charge is 0.320 e. The van der Waals surface area contributed by atoms with Crippen LogP contribution in [-0.2, 0) is 4.79 Å². The summed E-state index contributed by atoms with van der Waals surface area (Å²) >= 11 is 0. The van der Waals surface area contributed by atoms with E-state index in [1.54, 1.807) is 7.05 Å². The Bertz CT molecular complexity index is 828. The van der Waals surface area contributed by atoms with Crippen molar-refractivity contribution in [3.8, 4) is 6.01 Å². The molecule has 8 nitrogen and oxygen atoms in total. The highest BCUT2D eigenvalue weighted by Gasteiger charge is 2.19. The molecule has 0 radical (unpaired) electrons. The summed E-state index contributed by atoms with van der Waals surface area (Å²) in [5.41, 5.74) is 8.79. The maximum Gasteiger partial charge on any atom is 0.320 e. The van der Waals surface area contributed by atoms with Gasteiger partial charge in [-0.2, -0.15) is 9.97 Å². The van der Waals surface area contributed by atoms with E-state index in [-0.39, 0.29) is 18.4 Å². The number of nitrogens with two attached hydrogens (primary N) is 1. The Kier molecular flexibility index (Phi) is 10.2. The van der Waals surface area contributed by atoms with E-state index in [1.165, 1.54) is 18.4 Å². The standard InChI is InChI=1S/C24H38N6O2/c1-6-9-20(16-29-10-7-8-11-29)14-19(4)15-30(12-13-31)23-21(26-5)22(25)27-24(28-23)32-17-18(2)3/h6,9,13-14,18,26H,4,7-8,10-12,15-17H2,1-3,5H3,(H2,25,27,28)/b9-6-,20-14+. The molecule has 0 bridgehead atoms. The van der Waals surface area contributed by atoms with Crippen molar-refractivity contribution in [3.05, 3.63) is 36.0 Å². The van der Waals surface area contributed by atoms with E-state index in [2.05, 4.69) is 38.9 Å². The summed E-state index contributed by atoms with van der Waals surface area (Å²) in [6.07, 6.45) is 9.60. The first-order valence-corrected chi connectivity index (χ1v) is 11.3. The van der Waals surface area contributed by atoms with Crippen molar-refractivity contribution in [2.75, 3.05) is 62.3 Å². The normalized spacial score (nSPS) is 14.8. The molecule has 0 aromatic carbocycles. The van der Waals surface area contributed by atoms with Crippen LogP contribution in [0.5, 0.6) is 6.01 Å². The summed E-state index contributed by atoms with van der Waals surface area (Å²) in [5.74, 6) is 1.12. The molecule has 2 heterocycles. The maximum atomic E-state index is 11.5. The number of carbonyl (C=O) groups is 1. The van der Waals surface area contributed by atoms with E-state index in [0.29, 0.717) is 30.6 Å². The highest BCUT2D eigenvalue weighted by molar-refractivity contribution is 5.78. The van der Waals surface area contributed by atoms with Gasteiger partial charge in [-0.3, -0.25) is 4.90 Å². The lowest BCUT2D eigenvalue weighted by Gasteiger charge is -2.25. The highest BCUT2D eigenvalue weighted by atomic mass is 16.5. The van der Waals surface area contributed by atoms with Crippen molar-refractivity contribution in [2.24, 2.45) is 5.92 Å². The second kappa shape index (κ2) is 12.9. The van der Waals surface area contributed by atoms with Crippen LogP contribution in [0.4, 0.5) is 17.3 Å². The molecule has 1 aromatic rings. The van der Waals surface area contributed by atoms with Crippen LogP contribution in [0.1, 0.15) is 33.6 Å². The lowest BCUT2D eigenvalue weighted by molar-refractivity contribution is -0.106. The van der Waals surface area contributed by atoms with Crippen LogP contribution in [0, 0.1) is 5.92 Å². The minimum absolute atomic E-state index is 0.146. The van der Waals surface area contributed by atoms with Crippen LogP contribution in [0.25, 0.3) is 0 Å². The van der Waals surface area contributed by atoms with Gasteiger partial charge in [-0.25, -0.2) is 0 Å². The quantitative estimate of drug-likeness (QED) is 0.355. The summed E-state index contributed by atoms with van der Waals surface area (Å²) in [4.78, 5) is 24.6. The Hall–Kier alpha value is -2.87. The predicted molar refractivity (Wildman–Crippen MR) is 132 cm³/mol. The number of ether oxygens (including phenoxy) is 1. The van der Waals surface area contributed by atoms with Gasteiger partial charge in [0.2, 0.25) is 0 Å². The van der Waals surface area contributed by atoms with Gasteiger partial charge in [0.25, 0.3) is 0 Å². The van der Waals surface area contributed by atoms with E-state index in [0.717, 1.165) is 31.5 Å². The van der Waals surface area contributed by atoms with Crippen LogP contribution in [0.15, 0.2) is 36.0 Å². The van der Waals surface area contributed by atoms with E-state index in [4.69, 9.17) is 10.5 Å². The van der Waals surface area contributed by atoms with Crippen LogP contribution >= 0.6 is 0 Å². The largest absolute Gasteiger partial charge is 0.463 e. The van der Waals surface area contributed by atoms with Crippen LogP contribution < -0.4 is 20.7 Å². The highest BCUT2D eigenvalue weighted by Crippen LogP contribution is 2.31. The first-order chi connectivity index (χ1) is 15.4. The Morgan fingerprint density at radius 1 is 1.34 bits per heavy atom. The van der Waals surface area contributed by atoms with Crippen molar-refractivity contribution in [3.63, 3.8) is 0 Å². The summed E-state index contributed by atoms with van der Waals surface area (Å²) in [5, 5.41) is 3.05. The fraction of sp³-hybridized carbons (Fsp3) is 0.542. The van der Waals surface area contributed by atoms with Crippen LogP contribution in [0.3, 0.4) is 0 Å². The lowest BCUT2D eigenvalue weighted by Crippen LogP contribution is -2.30. The molecule has 2 rings (SSSR count). The summed E-state index contributed by atoms with van der Waals surface area (Å²) in [6.45, 7) is 14.6. The Morgan fingerprint density at radius 3 is 2.66 bits per heavy atom. The van der Waals surface area contributed by atoms with Gasteiger partial charge in [0.1, 0.15) is 12.0 Å². The molecule has 0 aliphatic carbocycles. The zero-order valence-electron chi connectivity index (χ0n) is 19.9. The minimum atomic E-state index is 0.146. The Balaban J connectivity index is 2.27. The predicted octanol–water partition coefficient (Wildman–Crippen LogP) is 3.30. The fourth-order valence-electron chi connectivity index (χ4n) is 3.65. The molecule has 0 amide bonds. The number of hydrogen-bond acceptors (Lipinski definition) is 8. The zero-order valence-corrected chi connectivity index (χ0v) is 19.9. The van der Waals surface area contributed by atoms with Crippen molar-refractivity contribution < 1.29 is 9.53 Å². The zero-order chi connectivity index (χ0) is 23.5. The van der Waals surface area contributed by atoms with Crippen molar-refractivity contribution in [1.29, 1.82) is 0 Å². The number of anilines is 3. The van der Waals surface area contributed by atoms with Crippen molar-refractivity contribution in [1.82, 2.24) is 14.9 Å². The number of aromatic nitrogens is 2. The molecule has 1 aromatic heterocycles. The molecular weight excluding hydrogens is 404 g/mol. The van der Waals surface area contributed by atoms with Gasteiger partial charge in [-0.1, -0.05) is 38.7 Å². The molecule has 8 heteroatoms. The van der Waals surface area contributed by atoms with Crippen LogP contribution in [0.2, 0.25) is 0 Å². The van der Waals surface area contributed by atoms with E-state index in [1.807, 2.05) is 31.7 Å². The summed E-state index contributed by atoms with van der Waals surface area (Å²) in [6, 6.07) is 0.200. The molecule has 176 valence electrons. The molecule has 0 saturated carbocycles. The number of nitrogen functional groups attached to an aromatic ring is 1. The van der Waals surface area contributed by atoms with Crippen molar-refractivity contribution in [2.45, 2.75) is 33.6 Å². The molecule has 1 saturated heterocycles. The molecule has 0 atom stereocenters. The lowest BCUT2D eigenvalue weighted by atomic mass is 10.1. The average molecular weight is 443 g/mol. The number of likely N-dealkylation sites (tertiary alicyclic amines) is 1. The molecule has 1 aliphatic rings. The Morgan fingerprint density at radius 2 is 2.06 bits per heavy atom. The Labute approximate surface area is 192 Å². The average Bonchev–Trinajstić information content (AvgIpc) is 3.24. The second-order valence-electron chi connectivity index (χ2n) is 8.45. The maximum absolute atomic E-state index is 11.5. The second-order valence-corrected chi connectivity index (χ2v) is 8.45. The van der Waals surface area contributed by atoms with Gasteiger partial charge in [-0.05, 0) is 49.9 Å². The molecule has 1 aliphatic heterocycles. The first-order valence-electron chi connectivity index (χ1n) is 11.3. The van der Waals surface area contributed by atoms with Gasteiger partial charge in [0, 0.05) is 20.1 Å². The topological polar surface area (TPSA) is 96.6 Å². The number of aldehydes is 1. The number of carbonyl (C=O) groups excluding carboxylic acids is 1. The van der Waals surface area contributed by atoms with E-state index < -0.39 is 0 Å². The van der Waals surface area contributed by atoms with Gasteiger partial charge in [-0.15, -0.1) is 0 Å². The van der Waals surface area contributed by atoms with Crippen molar-refractivity contribution >= 4 is 23.6 Å². The SMILES string of the molecule is C=C(/C=C(\C=C/C)CN1CCCC1)CN(CC=O)c1nc(OCC(C)C)nc(N)c1NC. The molecule has 0 spiro atoms. The molecule has 32 heavy (non-hydrogen) atoms. The van der Waals surface area contributed by atoms with E-state index >= 15 is 0 Å². The number of nitrogens with zero attached hydrogens (tertiary/aromatic N) is 4. The monoisotopic (exact) mass is 442 g/mol. The minimum Gasteiger partial charge on any atom is -0.463 e. The third-order valence-electron chi connectivity index (χ3n) is 5.06. The number of nitrogens with one attached hydrogen (secondary N) is 1. The van der Waals surface area contributed by atoms with Gasteiger partial charge >= 0.3 is 6.01 Å². The molecule has 1 fully saturated rings. The molecule has 3 N–H and O–H groups in total. The van der Waals surface area contributed by atoms with E-state index in [9.17, 15) is 4.79 Å². The number of hydrogen-bond donors (Lipinski definition) is 2. The number of allylic oxidation sites excluding steroid dienone is 1. The summed E-state index contributed by atoms with van der Waals surface area (Å²) < 4.78 is 5.70. The first kappa shape index (κ1) is 25.4. The van der Waals surface area contributed by atoms with Gasteiger partial charge < -0.3 is 25.5 Å². The third-order valence-corrected chi connectivity index (χ3v) is 5.06. The number of rotatable bonds is 13. The summed E-state index contributed by atoms with van der Waals surface area (Å²) in [7, 11) is 1.75. The van der Waals surface area contributed by atoms with Crippen LogP contribution in [-0.4, -0.2) is 67.5 Å². The molecule has 0 unspecified atom stereocenters.